The van der Waals surface area contributed by atoms with Crippen molar-refractivity contribution < 1.29 is 14.7 Å². The van der Waals surface area contributed by atoms with Gasteiger partial charge in [-0.05, 0) is 66.8 Å². The maximum atomic E-state index is 13.1. The zero-order chi connectivity index (χ0) is 26.9. The number of nitrogens with two attached hydrogens (primary N) is 1. The number of carbonyl (C=O) groups excluding carboxylic acids is 2. The number of rotatable bonds is 9. The van der Waals surface area contributed by atoms with Gasteiger partial charge in [-0.2, -0.15) is 0 Å². The number of benzene rings is 1. The molecule has 8 nitrogen and oxygen atoms in total. The molecule has 9 heteroatoms. The number of piperazine rings is 1. The lowest BCUT2D eigenvalue weighted by Crippen LogP contribution is -2.52. The van der Waals surface area contributed by atoms with Crippen LogP contribution in [0.25, 0.3) is 0 Å². The molecule has 0 saturated carbocycles. The van der Waals surface area contributed by atoms with Crippen LogP contribution in [0.3, 0.4) is 0 Å². The molecule has 0 spiro atoms. The molecule has 2 aliphatic rings. The van der Waals surface area contributed by atoms with Gasteiger partial charge < -0.3 is 25.5 Å². The van der Waals surface area contributed by atoms with E-state index in [-0.39, 0.29) is 23.9 Å². The van der Waals surface area contributed by atoms with Gasteiger partial charge in [-0.25, -0.2) is 4.79 Å². The SMILES string of the molecule is CC/C=C(/C)N(/C=C/Br)[C@@H](c1ccc(O)cc1CC)N1CCN(C(=O)CC2CCN(C(N)=O)CC2)CC1. The Morgan fingerprint density at radius 3 is 2.38 bits per heavy atom. The van der Waals surface area contributed by atoms with E-state index in [0.29, 0.717) is 38.5 Å². The van der Waals surface area contributed by atoms with Crippen LogP contribution in [0.15, 0.2) is 41.2 Å². The summed E-state index contributed by atoms with van der Waals surface area (Å²) >= 11 is 3.48. The van der Waals surface area contributed by atoms with Crippen LogP contribution in [0, 0.1) is 5.92 Å². The van der Waals surface area contributed by atoms with Gasteiger partial charge in [0.25, 0.3) is 0 Å². The second-order valence-electron chi connectivity index (χ2n) is 9.94. The minimum Gasteiger partial charge on any atom is -0.508 e. The Morgan fingerprint density at radius 2 is 1.81 bits per heavy atom. The minimum absolute atomic E-state index is 0.0532. The number of primary amides is 1. The monoisotopic (exact) mass is 575 g/mol. The van der Waals surface area contributed by atoms with Crippen LogP contribution in [0.5, 0.6) is 5.75 Å². The Kier molecular flexibility index (Phi) is 10.9. The van der Waals surface area contributed by atoms with Crippen molar-refractivity contribution in [2.75, 3.05) is 39.3 Å². The van der Waals surface area contributed by atoms with E-state index in [2.05, 4.69) is 58.8 Å². The Bertz CT molecular complexity index is 982. The summed E-state index contributed by atoms with van der Waals surface area (Å²) in [7, 11) is 0. The van der Waals surface area contributed by atoms with Crippen molar-refractivity contribution >= 4 is 27.9 Å². The minimum atomic E-state index is -0.372. The van der Waals surface area contributed by atoms with Crippen LogP contribution in [0.1, 0.15) is 63.7 Å². The highest BCUT2D eigenvalue weighted by atomic mass is 79.9. The first-order valence-corrected chi connectivity index (χ1v) is 14.3. The number of piperidine rings is 1. The van der Waals surface area contributed by atoms with Crippen molar-refractivity contribution in [1.82, 2.24) is 19.6 Å². The van der Waals surface area contributed by atoms with E-state index < -0.39 is 0 Å². The summed E-state index contributed by atoms with van der Waals surface area (Å²) in [5.74, 6) is 0.783. The fraction of sp³-hybridized carbons (Fsp3) is 0.571. The highest BCUT2D eigenvalue weighted by Crippen LogP contribution is 2.34. The maximum Gasteiger partial charge on any atom is 0.314 e. The molecule has 1 atom stereocenters. The van der Waals surface area contributed by atoms with Gasteiger partial charge in [-0.15, -0.1) is 0 Å². The number of nitrogens with zero attached hydrogens (tertiary/aromatic N) is 4. The predicted molar refractivity (Wildman–Crippen MR) is 151 cm³/mol. The Balaban J connectivity index is 1.74. The summed E-state index contributed by atoms with van der Waals surface area (Å²) in [5.41, 5.74) is 8.82. The summed E-state index contributed by atoms with van der Waals surface area (Å²) in [4.78, 5) is 34.8. The van der Waals surface area contributed by atoms with Crippen molar-refractivity contribution in [2.45, 2.75) is 59.0 Å². The Morgan fingerprint density at radius 1 is 1.14 bits per heavy atom. The molecule has 1 aromatic carbocycles. The van der Waals surface area contributed by atoms with Gasteiger partial charge in [-0.3, -0.25) is 9.69 Å². The molecule has 1 aromatic rings. The lowest BCUT2D eigenvalue weighted by atomic mass is 9.93. The average Bonchev–Trinajstić information content (AvgIpc) is 2.89. The summed E-state index contributed by atoms with van der Waals surface area (Å²) in [5, 5.41) is 10.1. The molecule has 0 aromatic heterocycles. The molecule has 3 N–H and O–H groups in total. The van der Waals surface area contributed by atoms with Crippen molar-refractivity contribution in [2.24, 2.45) is 11.7 Å². The van der Waals surface area contributed by atoms with Gasteiger partial charge in [0, 0.05) is 57.6 Å². The average molecular weight is 577 g/mol. The lowest BCUT2D eigenvalue weighted by molar-refractivity contribution is -0.135. The summed E-state index contributed by atoms with van der Waals surface area (Å²) in [6.07, 6.45) is 8.15. The van der Waals surface area contributed by atoms with Crippen LogP contribution < -0.4 is 5.73 Å². The molecule has 3 amide bonds. The van der Waals surface area contributed by atoms with Crippen molar-refractivity contribution in [3.63, 3.8) is 0 Å². The molecule has 0 radical (unpaired) electrons. The van der Waals surface area contributed by atoms with E-state index in [0.717, 1.165) is 55.6 Å². The zero-order valence-corrected chi connectivity index (χ0v) is 24.0. The Hall–Kier alpha value is -2.52. The van der Waals surface area contributed by atoms with Gasteiger partial charge in [0.2, 0.25) is 5.91 Å². The van der Waals surface area contributed by atoms with E-state index in [1.54, 1.807) is 11.0 Å². The third-order valence-electron chi connectivity index (χ3n) is 7.58. The highest BCUT2D eigenvalue weighted by molar-refractivity contribution is 9.11. The molecule has 2 saturated heterocycles. The van der Waals surface area contributed by atoms with Crippen LogP contribution >= 0.6 is 15.9 Å². The summed E-state index contributed by atoms with van der Waals surface area (Å²) < 4.78 is 0. The van der Waals surface area contributed by atoms with Crippen molar-refractivity contribution in [3.05, 3.63) is 52.3 Å². The van der Waals surface area contributed by atoms with Crippen LogP contribution in [0.4, 0.5) is 4.79 Å². The van der Waals surface area contributed by atoms with Crippen LogP contribution in [0.2, 0.25) is 0 Å². The number of phenolic OH excluding ortho intramolecular Hbond substituents is 1. The molecule has 37 heavy (non-hydrogen) atoms. The third-order valence-corrected chi connectivity index (χ3v) is 7.81. The number of halogens is 1. The molecule has 2 aliphatic heterocycles. The number of aromatic hydroxyl groups is 1. The van der Waals surface area contributed by atoms with Gasteiger partial charge in [-0.1, -0.05) is 41.9 Å². The molecule has 0 unspecified atom stereocenters. The number of phenols is 1. The van der Waals surface area contributed by atoms with Crippen LogP contribution in [-0.4, -0.2) is 75.9 Å². The fourth-order valence-electron chi connectivity index (χ4n) is 5.48. The molecular formula is C28H42BrN5O3. The highest BCUT2D eigenvalue weighted by Gasteiger charge is 2.33. The largest absolute Gasteiger partial charge is 0.508 e. The van der Waals surface area contributed by atoms with Crippen molar-refractivity contribution in [1.29, 1.82) is 0 Å². The summed E-state index contributed by atoms with van der Waals surface area (Å²) in [6, 6.07) is 5.28. The number of aryl methyl sites for hydroxylation is 1. The molecule has 2 fully saturated rings. The number of hydrogen-bond donors (Lipinski definition) is 2. The van der Waals surface area contributed by atoms with Crippen LogP contribution in [-0.2, 0) is 11.2 Å². The second-order valence-corrected chi connectivity index (χ2v) is 10.5. The lowest BCUT2D eigenvalue weighted by Gasteiger charge is -2.45. The first-order chi connectivity index (χ1) is 17.8. The maximum absolute atomic E-state index is 13.1. The van der Waals surface area contributed by atoms with E-state index in [1.165, 1.54) is 0 Å². The molecule has 204 valence electrons. The summed E-state index contributed by atoms with van der Waals surface area (Å²) in [6.45, 7) is 10.5. The number of carbonyl (C=O) groups is 2. The van der Waals surface area contributed by atoms with Gasteiger partial charge >= 0.3 is 6.03 Å². The van der Waals surface area contributed by atoms with Gasteiger partial charge in [0.15, 0.2) is 0 Å². The van der Waals surface area contributed by atoms with Gasteiger partial charge in [0.1, 0.15) is 11.9 Å². The quantitative estimate of drug-likeness (QED) is 0.442. The normalized spacial score (nSPS) is 18.9. The molecule has 3 rings (SSSR count). The predicted octanol–water partition coefficient (Wildman–Crippen LogP) is 4.76. The number of allylic oxidation sites excluding steroid dienone is 2. The topological polar surface area (TPSA) is 93.3 Å². The standard InChI is InChI=1S/C28H42BrN5O3/c1-4-6-21(3)34(14-11-29)27(25-8-7-24(35)20-23(25)5-2)32-17-15-31(16-18-32)26(36)19-22-9-12-33(13-10-22)28(30)37/h6-8,11,14,20,22,27,35H,4-5,9-10,12-13,15-19H2,1-3H3,(H2,30,37)/b14-11+,21-6-/t27-/m0/s1. The first-order valence-electron chi connectivity index (χ1n) is 13.4. The van der Waals surface area contributed by atoms with E-state index >= 15 is 0 Å². The van der Waals surface area contributed by atoms with E-state index in [1.807, 2.05) is 22.0 Å². The zero-order valence-electron chi connectivity index (χ0n) is 22.4. The number of amides is 3. The smallest absolute Gasteiger partial charge is 0.314 e. The van der Waals surface area contributed by atoms with Crippen molar-refractivity contribution in [3.8, 4) is 5.75 Å². The third kappa shape index (κ3) is 7.51. The fourth-order valence-corrected chi connectivity index (χ4v) is 5.73. The number of urea groups is 1. The molecule has 0 bridgehead atoms. The number of likely N-dealkylation sites (tertiary alicyclic amines) is 1. The second kappa shape index (κ2) is 13.9. The van der Waals surface area contributed by atoms with Gasteiger partial charge in [0.05, 0.1) is 0 Å². The molecule has 0 aliphatic carbocycles. The number of hydrogen-bond acceptors (Lipinski definition) is 5. The van der Waals surface area contributed by atoms with E-state index in [4.69, 9.17) is 5.73 Å². The molecular weight excluding hydrogens is 534 g/mol. The Labute approximate surface area is 229 Å². The molecule has 2 heterocycles. The first kappa shape index (κ1) is 29.0. The van der Waals surface area contributed by atoms with E-state index in [9.17, 15) is 14.7 Å².